The van der Waals surface area contributed by atoms with Crippen LogP contribution in [0, 0.1) is 0 Å². The van der Waals surface area contributed by atoms with E-state index in [0.717, 1.165) is 32.1 Å². The molecule has 6 nitrogen and oxygen atoms in total. The summed E-state index contributed by atoms with van der Waals surface area (Å²) in [5.41, 5.74) is 0. The fraction of sp³-hybridized carbons (Fsp3) is 1.00. The third kappa shape index (κ3) is 5.56. The van der Waals surface area contributed by atoms with Crippen LogP contribution >= 0.6 is 0 Å². The third-order valence-electron chi connectivity index (χ3n) is 3.83. The number of rotatable bonds is 7. The van der Waals surface area contributed by atoms with Crippen molar-refractivity contribution in [2.75, 3.05) is 39.6 Å². The van der Waals surface area contributed by atoms with E-state index in [0.29, 0.717) is 20.0 Å². The molecular weight excluding hydrogens is 302 g/mol. The average Bonchev–Trinajstić information content (AvgIpc) is 2.38. The predicted molar refractivity (Wildman–Crippen MR) is 85.7 cm³/mol. The SMILES string of the molecule is CCOCOCCC[Si]12OC(C)CN(CC(C)O1)CC(C)O2. The maximum absolute atomic E-state index is 6.28. The van der Waals surface area contributed by atoms with Gasteiger partial charge < -0.3 is 22.8 Å². The fourth-order valence-corrected chi connectivity index (χ4v) is 6.36. The second-order valence-corrected chi connectivity index (χ2v) is 8.88. The molecule has 22 heavy (non-hydrogen) atoms. The van der Waals surface area contributed by atoms with E-state index in [1.807, 2.05) is 6.92 Å². The molecule has 0 aromatic rings. The van der Waals surface area contributed by atoms with Gasteiger partial charge in [-0.3, -0.25) is 4.90 Å². The summed E-state index contributed by atoms with van der Waals surface area (Å²) in [4.78, 5) is 2.38. The maximum atomic E-state index is 6.28. The fourth-order valence-electron chi connectivity index (χ4n) is 3.20. The van der Waals surface area contributed by atoms with Gasteiger partial charge in [0.05, 0.1) is 18.3 Å². The highest BCUT2D eigenvalue weighted by Gasteiger charge is 2.48. The highest BCUT2D eigenvalue weighted by atomic mass is 28.4. The molecule has 3 atom stereocenters. The Labute approximate surface area is 135 Å². The molecule has 0 amide bonds. The van der Waals surface area contributed by atoms with E-state index < -0.39 is 8.80 Å². The lowest BCUT2D eigenvalue weighted by Crippen LogP contribution is -2.61. The van der Waals surface area contributed by atoms with Crippen molar-refractivity contribution in [1.29, 1.82) is 0 Å². The highest BCUT2D eigenvalue weighted by Crippen LogP contribution is 2.28. The summed E-state index contributed by atoms with van der Waals surface area (Å²) in [5, 5.41) is 0. The first kappa shape index (κ1) is 18.3. The minimum absolute atomic E-state index is 0.149. The zero-order chi connectivity index (χ0) is 16.0. The molecule has 0 aliphatic carbocycles. The Balaban J connectivity index is 1.92. The minimum Gasteiger partial charge on any atom is -0.369 e. The second-order valence-electron chi connectivity index (χ2n) is 6.31. The van der Waals surface area contributed by atoms with Crippen molar-refractivity contribution >= 4 is 8.80 Å². The average molecular weight is 334 g/mol. The molecule has 130 valence electrons. The largest absolute Gasteiger partial charge is 0.501 e. The van der Waals surface area contributed by atoms with Crippen LogP contribution in [0.1, 0.15) is 34.1 Å². The summed E-state index contributed by atoms with van der Waals surface area (Å²) in [6.45, 7) is 12.8. The van der Waals surface area contributed by atoms with Gasteiger partial charge in [0.25, 0.3) is 0 Å². The van der Waals surface area contributed by atoms with Gasteiger partial charge in [-0.15, -0.1) is 0 Å². The predicted octanol–water partition coefficient (Wildman–Crippen LogP) is 1.87. The van der Waals surface area contributed by atoms with E-state index in [1.165, 1.54) is 0 Å². The van der Waals surface area contributed by atoms with Crippen LogP contribution in [0.25, 0.3) is 0 Å². The van der Waals surface area contributed by atoms with Crippen LogP contribution in [0.5, 0.6) is 0 Å². The molecule has 0 radical (unpaired) electrons. The zero-order valence-electron chi connectivity index (χ0n) is 14.4. The molecule has 3 unspecified atom stereocenters. The normalized spacial score (nSPS) is 39.3. The van der Waals surface area contributed by atoms with Crippen LogP contribution in [0.15, 0.2) is 0 Å². The zero-order valence-corrected chi connectivity index (χ0v) is 15.4. The molecule has 0 aromatic heterocycles. The Hall–Kier alpha value is -0.0231. The monoisotopic (exact) mass is 333 g/mol. The Morgan fingerprint density at radius 2 is 1.50 bits per heavy atom. The van der Waals surface area contributed by atoms with E-state index in [1.54, 1.807) is 0 Å². The van der Waals surface area contributed by atoms with Gasteiger partial charge in [0.1, 0.15) is 6.79 Å². The lowest BCUT2D eigenvalue weighted by molar-refractivity contribution is -0.0817. The first-order valence-electron chi connectivity index (χ1n) is 8.44. The lowest BCUT2D eigenvalue weighted by atomic mass is 10.2. The van der Waals surface area contributed by atoms with Crippen molar-refractivity contribution in [3.63, 3.8) is 0 Å². The number of nitrogens with zero attached hydrogens (tertiary/aromatic N) is 1. The Morgan fingerprint density at radius 1 is 0.955 bits per heavy atom. The molecule has 3 fully saturated rings. The molecule has 3 aliphatic heterocycles. The number of fused-ring (bicyclic) bond motifs is 6. The van der Waals surface area contributed by atoms with E-state index in [-0.39, 0.29) is 18.3 Å². The molecule has 0 aromatic carbocycles. The summed E-state index contributed by atoms with van der Waals surface area (Å²) >= 11 is 0. The smallest absolute Gasteiger partial charge is 0.369 e. The molecule has 0 N–H and O–H groups in total. The first-order chi connectivity index (χ1) is 10.5. The second kappa shape index (κ2) is 8.72. The van der Waals surface area contributed by atoms with Gasteiger partial charge in [-0.25, -0.2) is 0 Å². The van der Waals surface area contributed by atoms with E-state index >= 15 is 0 Å². The van der Waals surface area contributed by atoms with Crippen LogP contribution in [0.4, 0.5) is 0 Å². The molecule has 3 saturated heterocycles. The Morgan fingerprint density at radius 3 is 2.00 bits per heavy atom. The lowest BCUT2D eigenvalue weighted by Gasteiger charge is -2.45. The van der Waals surface area contributed by atoms with Crippen LogP contribution in [0.3, 0.4) is 0 Å². The van der Waals surface area contributed by atoms with E-state index in [9.17, 15) is 0 Å². The summed E-state index contributed by atoms with van der Waals surface area (Å²) < 4.78 is 29.5. The van der Waals surface area contributed by atoms with Gasteiger partial charge in [-0.05, 0) is 34.1 Å². The highest BCUT2D eigenvalue weighted by molar-refractivity contribution is 6.60. The molecular formula is C15H31NO5Si. The topological polar surface area (TPSA) is 49.4 Å². The van der Waals surface area contributed by atoms with Gasteiger partial charge in [-0.2, -0.15) is 0 Å². The van der Waals surface area contributed by atoms with Gasteiger partial charge in [-0.1, -0.05) is 0 Å². The Kier molecular flexibility index (Phi) is 7.26. The van der Waals surface area contributed by atoms with Crippen molar-refractivity contribution in [2.24, 2.45) is 0 Å². The molecule has 2 bridgehead atoms. The molecule has 3 rings (SSSR count). The van der Waals surface area contributed by atoms with Gasteiger partial charge >= 0.3 is 8.80 Å². The molecule has 7 heteroatoms. The van der Waals surface area contributed by atoms with E-state index in [2.05, 4.69) is 25.7 Å². The van der Waals surface area contributed by atoms with Gasteiger partial charge in [0.2, 0.25) is 0 Å². The standard InChI is InChI=1S/C15H31NO5Si/c1-5-17-12-18-7-6-8-22-19-13(2)9-16(10-14(3)20-22)11-15(4)21-22/h13-15H,5-12H2,1-4H3. The Bertz CT molecular complexity index is 297. The number of hydrogen-bond donors (Lipinski definition) is 0. The quantitative estimate of drug-likeness (QED) is 0.403. The summed E-state index contributed by atoms with van der Waals surface area (Å²) in [6, 6.07) is 0.804. The van der Waals surface area contributed by atoms with Crippen molar-refractivity contribution in [2.45, 2.75) is 58.5 Å². The maximum Gasteiger partial charge on any atom is 0.501 e. The van der Waals surface area contributed by atoms with Crippen LogP contribution in [0.2, 0.25) is 6.04 Å². The minimum atomic E-state index is -2.63. The number of hydrogen-bond acceptors (Lipinski definition) is 6. The van der Waals surface area contributed by atoms with Gasteiger partial charge in [0.15, 0.2) is 0 Å². The van der Waals surface area contributed by atoms with Gasteiger partial charge in [0, 0.05) is 38.9 Å². The molecule has 0 saturated carbocycles. The first-order valence-corrected chi connectivity index (χ1v) is 10.4. The van der Waals surface area contributed by atoms with Crippen molar-refractivity contribution in [3.05, 3.63) is 0 Å². The van der Waals surface area contributed by atoms with Crippen molar-refractivity contribution < 1.29 is 22.8 Å². The number of ether oxygens (including phenoxy) is 2. The van der Waals surface area contributed by atoms with Crippen LogP contribution < -0.4 is 0 Å². The summed E-state index contributed by atoms with van der Waals surface area (Å²) in [5.74, 6) is 0. The van der Waals surface area contributed by atoms with Crippen molar-refractivity contribution in [1.82, 2.24) is 4.90 Å². The third-order valence-corrected chi connectivity index (χ3v) is 7.08. The summed E-state index contributed by atoms with van der Waals surface area (Å²) in [7, 11) is -2.63. The molecule has 3 heterocycles. The van der Waals surface area contributed by atoms with Crippen molar-refractivity contribution in [3.8, 4) is 0 Å². The molecule has 3 aliphatic rings. The molecule has 0 spiro atoms. The summed E-state index contributed by atoms with van der Waals surface area (Å²) in [6.07, 6.45) is 1.32. The van der Waals surface area contributed by atoms with Crippen LogP contribution in [-0.2, 0) is 22.8 Å². The van der Waals surface area contributed by atoms with E-state index in [4.69, 9.17) is 22.8 Å². The van der Waals surface area contributed by atoms with Crippen LogP contribution in [-0.4, -0.2) is 71.7 Å².